The lowest BCUT2D eigenvalue weighted by atomic mass is 10.0. The van der Waals surface area contributed by atoms with Crippen molar-refractivity contribution < 1.29 is 4.74 Å². The van der Waals surface area contributed by atoms with Crippen LogP contribution in [-0.2, 0) is 6.54 Å². The molecule has 0 N–H and O–H groups in total. The molecule has 0 unspecified atom stereocenters. The number of aromatic nitrogens is 1. The fourth-order valence-electron chi connectivity index (χ4n) is 2.44. The van der Waals surface area contributed by atoms with Crippen molar-refractivity contribution in [1.82, 2.24) is 4.57 Å². The third-order valence-electron chi connectivity index (χ3n) is 3.70. The third-order valence-corrected chi connectivity index (χ3v) is 3.70. The first-order chi connectivity index (χ1) is 11.3. The van der Waals surface area contributed by atoms with Crippen LogP contribution in [0.15, 0.2) is 73.1 Å². The lowest BCUT2D eigenvalue weighted by molar-refractivity contribution is 0.302. The molecular weight excluding hydrogens is 284 g/mol. The molecule has 1 heterocycles. The van der Waals surface area contributed by atoms with E-state index in [1.807, 2.05) is 60.7 Å². The molecule has 2 aromatic carbocycles. The summed E-state index contributed by atoms with van der Waals surface area (Å²) in [7, 11) is 0. The molecule has 23 heavy (non-hydrogen) atoms. The monoisotopic (exact) mass is 302 g/mol. The van der Waals surface area contributed by atoms with Gasteiger partial charge < -0.3 is 9.30 Å². The Morgan fingerprint density at radius 2 is 1.48 bits per heavy atom. The van der Waals surface area contributed by atoms with Crippen LogP contribution in [0.4, 0.5) is 0 Å². The Bertz CT molecular complexity index is 766. The van der Waals surface area contributed by atoms with Gasteiger partial charge in [0.05, 0.1) is 18.2 Å². The first-order valence-electron chi connectivity index (χ1n) is 7.69. The zero-order chi connectivity index (χ0) is 15.9. The van der Waals surface area contributed by atoms with Gasteiger partial charge in [0.2, 0.25) is 0 Å². The van der Waals surface area contributed by atoms with Crippen LogP contribution in [0, 0.1) is 11.3 Å². The molecule has 0 saturated carbocycles. The van der Waals surface area contributed by atoms with E-state index in [2.05, 4.69) is 23.0 Å². The average molecular weight is 302 g/mol. The highest BCUT2D eigenvalue weighted by Crippen LogP contribution is 2.22. The van der Waals surface area contributed by atoms with Gasteiger partial charge in [-0.05, 0) is 53.9 Å². The summed E-state index contributed by atoms with van der Waals surface area (Å²) in [5, 5.41) is 8.83. The largest absolute Gasteiger partial charge is 0.494 e. The number of hydrogen-bond donors (Lipinski definition) is 0. The maximum absolute atomic E-state index is 8.83. The molecular formula is C20H18N2O. The van der Waals surface area contributed by atoms with E-state index in [-0.39, 0.29) is 0 Å². The van der Waals surface area contributed by atoms with Crippen molar-refractivity contribution in [3.8, 4) is 22.9 Å². The Morgan fingerprint density at radius 1 is 0.870 bits per heavy atom. The Morgan fingerprint density at radius 3 is 2.09 bits per heavy atom. The number of hydrogen-bond acceptors (Lipinski definition) is 2. The summed E-state index contributed by atoms with van der Waals surface area (Å²) in [6.07, 6.45) is 5.10. The molecule has 114 valence electrons. The van der Waals surface area contributed by atoms with E-state index in [9.17, 15) is 0 Å². The number of nitrogens with zero attached hydrogens (tertiary/aromatic N) is 2. The summed E-state index contributed by atoms with van der Waals surface area (Å²) in [5.74, 6) is 0.884. The lowest BCUT2D eigenvalue weighted by Gasteiger charge is -2.08. The zero-order valence-electron chi connectivity index (χ0n) is 12.9. The van der Waals surface area contributed by atoms with E-state index in [4.69, 9.17) is 10.00 Å². The second-order valence-electron chi connectivity index (χ2n) is 5.34. The van der Waals surface area contributed by atoms with E-state index in [1.54, 1.807) is 0 Å². The molecule has 0 amide bonds. The summed E-state index contributed by atoms with van der Waals surface area (Å²) in [5.41, 5.74) is 2.90. The van der Waals surface area contributed by atoms with Gasteiger partial charge in [0.15, 0.2) is 0 Å². The number of ether oxygens (including phenoxy) is 1. The van der Waals surface area contributed by atoms with Gasteiger partial charge >= 0.3 is 0 Å². The molecule has 0 saturated heterocycles. The van der Waals surface area contributed by atoms with Gasteiger partial charge in [0, 0.05) is 18.9 Å². The molecule has 0 aliphatic carbocycles. The van der Waals surface area contributed by atoms with Crippen molar-refractivity contribution in [3.05, 3.63) is 78.6 Å². The number of aryl methyl sites for hydroxylation is 1. The van der Waals surface area contributed by atoms with Crippen LogP contribution in [0.1, 0.15) is 12.0 Å². The maximum atomic E-state index is 8.83. The summed E-state index contributed by atoms with van der Waals surface area (Å²) in [6.45, 7) is 1.67. The molecule has 0 radical (unpaired) electrons. The van der Waals surface area contributed by atoms with Crippen molar-refractivity contribution in [2.24, 2.45) is 0 Å². The van der Waals surface area contributed by atoms with Crippen LogP contribution in [0.3, 0.4) is 0 Å². The van der Waals surface area contributed by atoms with Crippen molar-refractivity contribution in [2.45, 2.75) is 13.0 Å². The number of benzene rings is 2. The lowest BCUT2D eigenvalue weighted by Crippen LogP contribution is -2.02. The highest BCUT2D eigenvalue weighted by atomic mass is 16.5. The van der Waals surface area contributed by atoms with Crippen LogP contribution in [0.5, 0.6) is 5.75 Å². The third kappa shape index (κ3) is 4.02. The van der Waals surface area contributed by atoms with Gasteiger partial charge in [-0.15, -0.1) is 0 Å². The molecule has 3 aromatic rings. The second-order valence-corrected chi connectivity index (χ2v) is 5.34. The van der Waals surface area contributed by atoms with Crippen LogP contribution in [-0.4, -0.2) is 11.2 Å². The van der Waals surface area contributed by atoms with Gasteiger partial charge in [-0.1, -0.05) is 24.3 Å². The Kier molecular flexibility index (Phi) is 4.76. The fourth-order valence-corrected chi connectivity index (χ4v) is 2.44. The predicted octanol–water partition coefficient (Wildman–Crippen LogP) is 4.50. The SMILES string of the molecule is N#Cc1ccc(-c2ccc(OCCCn3cccc3)cc2)cc1. The molecule has 3 nitrogen and oxygen atoms in total. The Labute approximate surface area is 136 Å². The molecule has 0 aliphatic heterocycles. The zero-order valence-corrected chi connectivity index (χ0v) is 12.9. The van der Waals surface area contributed by atoms with Crippen molar-refractivity contribution in [2.75, 3.05) is 6.61 Å². The molecule has 0 aliphatic rings. The van der Waals surface area contributed by atoms with Gasteiger partial charge in [-0.2, -0.15) is 5.26 Å². The van der Waals surface area contributed by atoms with E-state index < -0.39 is 0 Å². The van der Waals surface area contributed by atoms with Crippen molar-refractivity contribution in [3.63, 3.8) is 0 Å². The van der Waals surface area contributed by atoms with Crippen molar-refractivity contribution >= 4 is 0 Å². The topological polar surface area (TPSA) is 37.9 Å². The standard InChI is InChI=1S/C20H18N2O/c21-16-17-4-6-18(7-5-17)19-8-10-20(11-9-19)23-15-3-14-22-12-1-2-13-22/h1-2,4-13H,3,14-15H2. The molecule has 0 spiro atoms. The minimum atomic E-state index is 0.677. The predicted molar refractivity (Wildman–Crippen MR) is 91.1 cm³/mol. The fraction of sp³-hybridized carbons (Fsp3) is 0.150. The van der Waals surface area contributed by atoms with Crippen LogP contribution in [0.25, 0.3) is 11.1 Å². The summed E-state index contributed by atoms with van der Waals surface area (Å²) in [6, 6.07) is 21.9. The van der Waals surface area contributed by atoms with Crippen LogP contribution >= 0.6 is 0 Å². The molecule has 3 heteroatoms. The Balaban J connectivity index is 1.53. The van der Waals surface area contributed by atoms with Crippen LogP contribution in [0.2, 0.25) is 0 Å². The minimum absolute atomic E-state index is 0.677. The number of nitriles is 1. The van der Waals surface area contributed by atoms with E-state index >= 15 is 0 Å². The normalized spacial score (nSPS) is 10.2. The Hall–Kier alpha value is -2.99. The smallest absolute Gasteiger partial charge is 0.119 e. The number of rotatable bonds is 6. The molecule has 0 fully saturated rings. The quantitative estimate of drug-likeness (QED) is 0.629. The summed E-state index contributed by atoms with van der Waals surface area (Å²) >= 11 is 0. The first-order valence-corrected chi connectivity index (χ1v) is 7.69. The van der Waals surface area contributed by atoms with Gasteiger partial charge in [0.25, 0.3) is 0 Å². The van der Waals surface area contributed by atoms with Crippen molar-refractivity contribution in [1.29, 1.82) is 5.26 Å². The minimum Gasteiger partial charge on any atom is -0.494 e. The summed E-state index contributed by atoms with van der Waals surface area (Å²) < 4.78 is 7.93. The maximum Gasteiger partial charge on any atom is 0.119 e. The van der Waals surface area contributed by atoms with Gasteiger partial charge in [-0.25, -0.2) is 0 Å². The highest BCUT2D eigenvalue weighted by molar-refractivity contribution is 5.64. The second kappa shape index (κ2) is 7.33. The van der Waals surface area contributed by atoms with E-state index in [1.165, 1.54) is 0 Å². The molecule has 0 bridgehead atoms. The highest BCUT2D eigenvalue weighted by Gasteiger charge is 2.00. The first kappa shape index (κ1) is 14.9. The van der Waals surface area contributed by atoms with Crippen LogP contribution < -0.4 is 4.74 Å². The van der Waals surface area contributed by atoms with E-state index in [0.717, 1.165) is 29.8 Å². The van der Waals surface area contributed by atoms with E-state index in [0.29, 0.717) is 12.2 Å². The van der Waals surface area contributed by atoms with Gasteiger partial charge in [-0.3, -0.25) is 0 Å². The molecule has 1 aromatic heterocycles. The average Bonchev–Trinajstić information content (AvgIpc) is 3.13. The summed E-state index contributed by atoms with van der Waals surface area (Å²) in [4.78, 5) is 0. The van der Waals surface area contributed by atoms with Gasteiger partial charge in [0.1, 0.15) is 5.75 Å². The molecule has 0 atom stereocenters. The molecule has 3 rings (SSSR count).